The van der Waals surface area contributed by atoms with Crippen LogP contribution in [0.1, 0.15) is 13.8 Å². The summed E-state index contributed by atoms with van der Waals surface area (Å²) in [4.78, 5) is 9.30. The standard InChI is InChI=1S/C3H8N2O2/c1-3(2,6)4-5-7/h6H,1-2H3,(H,4,7). The number of nitrogens with one attached hydrogen (secondary N) is 1. The third-order valence-corrected chi connectivity index (χ3v) is 0.319. The number of rotatable bonds is 2. The van der Waals surface area contributed by atoms with Gasteiger partial charge < -0.3 is 5.11 Å². The Labute approximate surface area is 41.5 Å². The predicted octanol–water partition coefficient (Wildman–Crippen LogP) is -0.0142. The Bertz CT molecular complexity index is 65.8. The molecule has 0 rings (SSSR count). The van der Waals surface area contributed by atoms with Crippen LogP contribution in [0.15, 0.2) is 5.29 Å². The van der Waals surface area contributed by atoms with Crippen LogP contribution in [0.4, 0.5) is 0 Å². The normalized spacial score (nSPS) is 10.7. The number of nitrogens with zero attached hydrogens (tertiary/aromatic N) is 1. The van der Waals surface area contributed by atoms with Crippen molar-refractivity contribution in [3.05, 3.63) is 4.91 Å². The van der Waals surface area contributed by atoms with E-state index in [1.807, 2.05) is 5.43 Å². The molecule has 0 bridgehead atoms. The lowest BCUT2D eigenvalue weighted by molar-refractivity contribution is 0.0443. The van der Waals surface area contributed by atoms with E-state index in [1.54, 1.807) is 0 Å². The van der Waals surface area contributed by atoms with Crippen molar-refractivity contribution in [2.24, 2.45) is 5.29 Å². The maximum absolute atomic E-state index is 9.30. The van der Waals surface area contributed by atoms with Crippen molar-refractivity contribution in [3.8, 4) is 0 Å². The zero-order valence-corrected chi connectivity index (χ0v) is 4.30. The van der Waals surface area contributed by atoms with Gasteiger partial charge in [0, 0.05) is 0 Å². The molecule has 7 heavy (non-hydrogen) atoms. The van der Waals surface area contributed by atoms with E-state index in [2.05, 4.69) is 5.29 Å². The summed E-state index contributed by atoms with van der Waals surface area (Å²) in [7, 11) is 0. The lowest BCUT2D eigenvalue weighted by Crippen LogP contribution is -2.34. The second-order valence-corrected chi connectivity index (χ2v) is 1.76. The van der Waals surface area contributed by atoms with Crippen molar-refractivity contribution in [2.75, 3.05) is 0 Å². The molecule has 0 saturated heterocycles. The minimum absolute atomic E-state index is 1.18. The second-order valence-electron chi connectivity index (χ2n) is 1.76. The van der Waals surface area contributed by atoms with Crippen molar-refractivity contribution in [3.63, 3.8) is 0 Å². The molecular weight excluding hydrogens is 96.0 g/mol. The molecule has 2 N–H and O–H groups in total. The average molecular weight is 104 g/mol. The van der Waals surface area contributed by atoms with Gasteiger partial charge in [0.05, 0.1) is 5.29 Å². The Balaban J connectivity index is 3.34. The molecule has 0 aliphatic heterocycles. The van der Waals surface area contributed by atoms with Gasteiger partial charge in [-0.2, -0.15) is 0 Å². The van der Waals surface area contributed by atoms with E-state index in [1.165, 1.54) is 13.8 Å². The van der Waals surface area contributed by atoms with E-state index >= 15 is 0 Å². The molecule has 42 valence electrons. The van der Waals surface area contributed by atoms with Gasteiger partial charge in [-0.25, -0.2) is 5.43 Å². The molecule has 0 aliphatic rings. The summed E-state index contributed by atoms with van der Waals surface area (Å²) in [5, 5.41) is 10.9. The first-order chi connectivity index (χ1) is 3.06. The zero-order valence-electron chi connectivity index (χ0n) is 4.30. The van der Waals surface area contributed by atoms with E-state index in [-0.39, 0.29) is 0 Å². The quantitative estimate of drug-likeness (QED) is 0.294. The summed E-state index contributed by atoms with van der Waals surface area (Å²) in [5.74, 6) is 0. The second kappa shape index (κ2) is 1.88. The van der Waals surface area contributed by atoms with Crippen LogP contribution in [0.25, 0.3) is 0 Å². The van der Waals surface area contributed by atoms with Crippen LogP contribution >= 0.6 is 0 Å². The summed E-state index contributed by atoms with van der Waals surface area (Å²) in [5.41, 5.74) is 0.731. The fourth-order valence-corrected chi connectivity index (χ4v) is 0.112. The number of hydrogen-bond acceptors (Lipinski definition) is 3. The number of hydrogen-bond donors (Lipinski definition) is 2. The van der Waals surface area contributed by atoms with Gasteiger partial charge in [-0.3, -0.25) is 0 Å². The van der Waals surface area contributed by atoms with Gasteiger partial charge in [0.15, 0.2) is 0 Å². The summed E-state index contributed by atoms with van der Waals surface area (Å²) < 4.78 is 0. The summed E-state index contributed by atoms with van der Waals surface area (Å²) >= 11 is 0. The first-order valence-corrected chi connectivity index (χ1v) is 1.88. The van der Waals surface area contributed by atoms with Gasteiger partial charge in [0.25, 0.3) is 0 Å². The molecule has 0 heterocycles. The Kier molecular flexibility index (Phi) is 1.71. The van der Waals surface area contributed by atoms with Gasteiger partial charge in [0.2, 0.25) is 0 Å². The van der Waals surface area contributed by atoms with Crippen molar-refractivity contribution in [1.82, 2.24) is 5.43 Å². The maximum atomic E-state index is 9.30. The monoisotopic (exact) mass is 104 g/mol. The highest BCUT2D eigenvalue weighted by atomic mass is 16.3. The summed E-state index contributed by atoms with van der Waals surface area (Å²) in [6.07, 6.45) is 0. The maximum Gasteiger partial charge on any atom is 0.148 e. The van der Waals surface area contributed by atoms with Crippen LogP contribution < -0.4 is 5.43 Å². The molecular formula is C3H8N2O2. The number of aliphatic hydroxyl groups is 1. The first-order valence-electron chi connectivity index (χ1n) is 1.88. The highest BCUT2D eigenvalue weighted by molar-refractivity contribution is 4.55. The number of nitroso groups, excluding NO2 is 1. The van der Waals surface area contributed by atoms with E-state index in [9.17, 15) is 4.91 Å². The van der Waals surface area contributed by atoms with Crippen LogP contribution in [0.3, 0.4) is 0 Å². The van der Waals surface area contributed by atoms with Gasteiger partial charge in [-0.1, -0.05) is 0 Å². The van der Waals surface area contributed by atoms with Crippen molar-refractivity contribution in [2.45, 2.75) is 19.6 Å². The lowest BCUT2D eigenvalue weighted by Gasteiger charge is -2.12. The van der Waals surface area contributed by atoms with Crippen molar-refractivity contribution < 1.29 is 5.11 Å². The third kappa shape index (κ3) is 5.36. The van der Waals surface area contributed by atoms with Crippen LogP contribution in [-0.2, 0) is 0 Å². The fourth-order valence-electron chi connectivity index (χ4n) is 0.112. The minimum Gasteiger partial charge on any atom is -0.370 e. The molecule has 0 aromatic rings. The highest BCUT2D eigenvalue weighted by Crippen LogP contribution is 1.91. The third-order valence-electron chi connectivity index (χ3n) is 0.319. The Hall–Kier alpha value is -0.640. The van der Waals surface area contributed by atoms with Crippen LogP contribution in [0.5, 0.6) is 0 Å². The average Bonchev–Trinajstić information content (AvgIpc) is 1.30. The van der Waals surface area contributed by atoms with E-state index in [4.69, 9.17) is 5.11 Å². The van der Waals surface area contributed by atoms with Crippen molar-refractivity contribution >= 4 is 0 Å². The molecule has 0 unspecified atom stereocenters. The smallest absolute Gasteiger partial charge is 0.148 e. The van der Waals surface area contributed by atoms with E-state index in [0.29, 0.717) is 0 Å². The largest absolute Gasteiger partial charge is 0.370 e. The highest BCUT2D eigenvalue weighted by Gasteiger charge is 2.08. The van der Waals surface area contributed by atoms with Crippen LogP contribution in [0, 0.1) is 4.91 Å². The molecule has 0 atom stereocenters. The summed E-state index contributed by atoms with van der Waals surface area (Å²) in [6.45, 7) is 2.85. The Morgan fingerprint density at radius 3 is 2.14 bits per heavy atom. The Morgan fingerprint density at radius 2 is 2.14 bits per heavy atom. The van der Waals surface area contributed by atoms with Crippen LogP contribution in [0.2, 0.25) is 0 Å². The molecule has 4 nitrogen and oxygen atoms in total. The van der Waals surface area contributed by atoms with Gasteiger partial charge in [-0.05, 0) is 13.8 Å². The molecule has 0 spiro atoms. The predicted molar refractivity (Wildman–Crippen MR) is 25.2 cm³/mol. The molecule has 0 fully saturated rings. The van der Waals surface area contributed by atoms with Gasteiger partial charge in [0.1, 0.15) is 5.72 Å². The van der Waals surface area contributed by atoms with Crippen LogP contribution in [-0.4, -0.2) is 10.8 Å². The SMILES string of the molecule is CC(C)(O)NN=O. The molecule has 0 radical (unpaired) electrons. The van der Waals surface area contributed by atoms with Gasteiger partial charge >= 0.3 is 0 Å². The Morgan fingerprint density at radius 1 is 1.71 bits per heavy atom. The first kappa shape index (κ1) is 6.36. The molecule has 0 amide bonds. The molecule has 0 aromatic heterocycles. The zero-order chi connectivity index (χ0) is 5.91. The van der Waals surface area contributed by atoms with Gasteiger partial charge in [-0.15, -0.1) is 4.91 Å². The topological polar surface area (TPSA) is 61.7 Å². The molecule has 0 aromatic carbocycles. The van der Waals surface area contributed by atoms with E-state index in [0.717, 1.165) is 0 Å². The molecule has 0 saturated carbocycles. The lowest BCUT2D eigenvalue weighted by atomic mass is 10.3. The molecule has 0 aliphatic carbocycles. The summed E-state index contributed by atoms with van der Waals surface area (Å²) in [6, 6.07) is 0. The van der Waals surface area contributed by atoms with E-state index < -0.39 is 5.72 Å². The molecule has 4 heteroatoms. The van der Waals surface area contributed by atoms with Crippen molar-refractivity contribution in [1.29, 1.82) is 0 Å². The fraction of sp³-hybridized carbons (Fsp3) is 1.00. The minimum atomic E-state index is -1.18.